The molecule has 1 atom stereocenters. The van der Waals surface area contributed by atoms with Gasteiger partial charge in [-0.25, -0.2) is 0 Å². The Bertz CT molecular complexity index is 398. The first-order chi connectivity index (χ1) is 7.49. The largest absolute Gasteiger partial charge is 0.294 e. The predicted molar refractivity (Wildman–Crippen MR) is 68.7 cm³/mol. The van der Waals surface area contributed by atoms with Gasteiger partial charge in [0.15, 0.2) is 5.78 Å². The summed E-state index contributed by atoms with van der Waals surface area (Å²) >= 11 is 0. The van der Waals surface area contributed by atoms with Crippen LogP contribution in [0.5, 0.6) is 0 Å². The van der Waals surface area contributed by atoms with Crippen molar-refractivity contribution < 1.29 is 4.79 Å². The lowest BCUT2D eigenvalue weighted by Crippen LogP contribution is -2.04. The fourth-order valence-corrected chi connectivity index (χ4v) is 1.86. The predicted octanol–water partition coefficient (Wildman–Crippen LogP) is 4.17. The first-order valence-electron chi connectivity index (χ1n) is 5.74. The van der Waals surface area contributed by atoms with E-state index >= 15 is 0 Å². The van der Waals surface area contributed by atoms with Crippen molar-refractivity contribution in [3.8, 4) is 0 Å². The van der Waals surface area contributed by atoms with Crippen LogP contribution in [-0.4, -0.2) is 5.78 Å². The topological polar surface area (TPSA) is 17.1 Å². The number of allylic oxidation sites excluding steroid dienone is 2. The van der Waals surface area contributed by atoms with Gasteiger partial charge in [0.05, 0.1) is 0 Å². The van der Waals surface area contributed by atoms with Crippen molar-refractivity contribution in [2.24, 2.45) is 5.92 Å². The van der Waals surface area contributed by atoms with Crippen LogP contribution in [0.3, 0.4) is 0 Å². The van der Waals surface area contributed by atoms with E-state index in [-0.39, 0.29) is 5.78 Å². The molecule has 0 aliphatic rings. The Morgan fingerprint density at radius 1 is 1.38 bits per heavy atom. The highest BCUT2D eigenvalue weighted by Gasteiger charge is 2.09. The molecule has 1 aromatic rings. The Hall–Kier alpha value is -1.37. The maximum Gasteiger partial charge on any atom is 0.163 e. The smallest absolute Gasteiger partial charge is 0.163 e. The lowest BCUT2D eigenvalue weighted by atomic mass is 9.97. The van der Waals surface area contributed by atoms with Gasteiger partial charge in [-0.05, 0) is 32.8 Å². The zero-order valence-electron chi connectivity index (χ0n) is 10.6. The molecular weight excluding hydrogens is 196 g/mol. The third kappa shape index (κ3) is 4.01. The molecule has 1 unspecified atom stereocenters. The van der Waals surface area contributed by atoms with Gasteiger partial charge in [0.2, 0.25) is 0 Å². The summed E-state index contributed by atoms with van der Waals surface area (Å²) in [5.41, 5.74) is 3.24. The summed E-state index contributed by atoms with van der Waals surface area (Å²) in [4.78, 5) is 12.0. The Morgan fingerprint density at radius 2 is 2.06 bits per heavy atom. The maximum absolute atomic E-state index is 12.0. The number of ketones is 1. The molecule has 86 valence electrons. The van der Waals surface area contributed by atoms with E-state index in [0.29, 0.717) is 12.3 Å². The van der Waals surface area contributed by atoms with E-state index in [1.54, 1.807) is 0 Å². The van der Waals surface area contributed by atoms with Gasteiger partial charge >= 0.3 is 0 Å². The molecule has 1 heteroatoms. The summed E-state index contributed by atoms with van der Waals surface area (Å²) < 4.78 is 0. The van der Waals surface area contributed by atoms with Gasteiger partial charge in [-0.3, -0.25) is 4.79 Å². The van der Waals surface area contributed by atoms with Crippen molar-refractivity contribution in [2.75, 3.05) is 0 Å². The van der Waals surface area contributed by atoms with E-state index < -0.39 is 0 Å². The molecule has 0 aromatic heterocycles. The molecule has 1 aromatic carbocycles. The highest BCUT2D eigenvalue weighted by Crippen LogP contribution is 2.13. The summed E-state index contributed by atoms with van der Waals surface area (Å²) in [5.74, 6) is 0.548. The minimum absolute atomic E-state index is 0.230. The molecule has 0 aliphatic carbocycles. The normalized spacial score (nSPS) is 12.0. The second-order valence-electron chi connectivity index (χ2n) is 4.72. The lowest BCUT2D eigenvalue weighted by molar-refractivity contribution is 0.0971. The van der Waals surface area contributed by atoms with Gasteiger partial charge in [-0.15, -0.1) is 0 Å². The molecule has 0 saturated carbocycles. The van der Waals surface area contributed by atoms with E-state index in [0.717, 1.165) is 11.1 Å². The van der Waals surface area contributed by atoms with Crippen LogP contribution in [0.2, 0.25) is 0 Å². The number of hydrogen-bond donors (Lipinski definition) is 0. The molecular formula is C15H20O. The van der Waals surface area contributed by atoms with E-state index in [4.69, 9.17) is 0 Å². The third-order valence-corrected chi connectivity index (χ3v) is 2.47. The standard InChI is InChI=1S/C15H20O/c1-11(2)8-13(4)10-15(16)14-7-5-6-12(3)9-14/h5-9,13H,10H2,1-4H3. The number of benzene rings is 1. The van der Waals surface area contributed by atoms with Crippen molar-refractivity contribution in [2.45, 2.75) is 34.1 Å². The van der Waals surface area contributed by atoms with E-state index in [2.05, 4.69) is 26.8 Å². The van der Waals surface area contributed by atoms with Crippen LogP contribution < -0.4 is 0 Å². The Kier molecular flexibility index (Phi) is 4.48. The number of rotatable bonds is 4. The zero-order valence-corrected chi connectivity index (χ0v) is 10.6. The van der Waals surface area contributed by atoms with Crippen molar-refractivity contribution in [1.82, 2.24) is 0 Å². The van der Waals surface area contributed by atoms with Crippen LogP contribution in [0.1, 0.15) is 43.1 Å². The number of hydrogen-bond acceptors (Lipinski definition) is 1. The first kappa shape index (κ1) is 12.7. The fraction of sp³-hybridized carbons (Fsp3) is 0.400. The minimum Gasteiger partial charge on any atom is -0.294 e. The van der Waals surface area contributed by atoms with Crippen molar-refractivity contribution in [3.63, 3.8) is 0 Å². The maximum atomic E-state index is 12.0. The molecule has 0 bridgehead atoms. The Balaban J connectivity index is 2.69. The van der Waals surface area contributed by atoms with Gasteiger partial charge in [0.1, 0.15) is 0 Å². The van der Waals surface area contributed by atoms with Gasteiger partial charge in [0.25, 0.3) is 0 Å². The van der Waals surface area contributed by atoms with Gasteiger partial charge < -0.3 is 0 Å². The quantitative estimate of drug-likeness (QED) is 0.545. The molecule has 0 heterocycles. The number of Topliss-reactive ketones (excluding diaryl/α,β-unsaturated/α-hetero) is 1. The van der Waals surface area contributed by atoms with Crippen LogP contribution in [-0.2, 0) is 0 Å². The molecule has 0 radical (unpaired) electrons. The monoisotopic (exact) mass is 216 g/mol. The SMILES string of the molecule is CC(C)=CC(C)CC(=O)c1cccc(C)c1. The van der Waals surface area contributed by atoms with Crippen LogP contribution >= 0.6 is 0 Å². The fourth-order valence-electron chi connectivity index (χ4n) is 1.86. The van der Waals surface area contributed by atoms with Crippen molar-refractivity contribution >= 4 is 5.78 Å². The Labute approximate surface area is 98.2 Å². The van der Waals surface area contributed by atoms with Crippen molar-refractivity contribution in [1.29, 1.82) is 0 Å². The molecule has 0 spiro atoms. The van der Waals surface area contributed by atoms with Crippen LogP contribution in [0, 0.1) is 12.8 Å². The van der Waals surface area contributed by atoms with Gasteiger partial charge in [-0.2, -0.15) is 0 Å². The molecule has 0 fully saturated rings. The summed E-state index contributed by atoms with van der Waals surface area (Å²) in [6.07, 6.45) is 2.74. The highest BCUT2D eigenvalue weighted by atomic mass is 16.1. The lowest BCUT2D eigenvalue weighted by Gasteiger charge is -2.07. The average Bonchev–Trinajstić information content (AvgIpc) is 2.16. The summed E-state index contributed by atoms with van der Waals surface area (Å²) in [6.45, 7) is 8.22. The molecule has 0 aliphatic heterocycles. The summed E-state index contributed by atoms with van der Waals surface area (Å²) in [5, 5.41) is 0. The Morgan fingerprint density at radius 3 is 2.62 bits per heavy atom. The molecule has 0 saturated heterocycles. The summed E-state index contributed by atoms with van der Waals surface area (Å²) in [6, 6.07) is 7.80. The molecule has 1 rings (SSSR count). The first-order valence-corrected chi connectivity index (χ1v) is 5.74. The second kappa shape index (κ2) is 5.64. The number of carbonyl (C=O) groups is 1. The average molecular weight is 216 g/mol. The minimum atomic E-state index is 0.230. The molecule has 0 amide bonds. The third-order valence-electron chi connectivity index (χ3n) is 2.47. The molecule has 0 N–H and O–H groups in total. The molecule has 16 heavy (non-hydrogen) atoms. The van der Waals surface area contributed by atoms with E-state index in [9.17, 15) is 4.79 Å². The molecule has 1 nitrogen and oxygen atoms in total. The van der Waals surface area contributed by atoms with E-state index in [1.807, 2.05) is 31.2 Å². The van der Waals surface area contributed by atoms with Gasteiger partial charge in [0, 0.05) is 12.0 Å². The second-order valence-corrected chi connectivity index (χ2v) is 4.72. The van der Waals surface area contributed by atoms with E-state index in [1.165, 1.54) is 5.57 Å². The van der Waals surface area contributed by atoms with Crippen LogP contribution in [0.25, 0.3) is 0 Å². The zero-order chi connectivity index (χ0) is 12.1. The van der Waals surface area contributed by atoms with Crippen molar-refractivity contribution in [3.05, 3.63) is 47.0 Å². The van der Waals surface area contributed by atoms with Crippen LogP contribution in [0.15, 0.2) is 35.9 Å². The van der Waals surface area contributed by atoms with Gasteiger partial charge in [-0.1, -0.05) is 42.3 Å². The number of carbonyl (C=O) groups excluding carboxylic acids is 1. The highest BCUT2D eigenvalue weighted by molar-refractivity contribution is 5.96. The summed E-state index contributed by atoms with van der Waals surface area (Å²) in [7, 11) is 0. The number of aryl methyl sites for hydroxylation is 1. The van der Waals surface area contributed by atoms with Crippen LogP contribution in [0.4, 0.5) is 0 Å².